The van der Waals surface area contributed by atoms with E-state index in [0.717, 1.165) is 29.7 Å². The Balaban J connectivity index is 1.54. The Morgan fingerprint density at radius 3 is 2.74 bits per heavy atom. The minimum atomic E-state index is -0.863. The number of amides is 4. The number of carbonyl (C=O) groups excluding carboxylic acids is 4. The first-order valence-electron chi connectivity index (χ1n) is 9.45. The van der Waals surface area contributed by atoms with Gasteiger partial charge in [0.25, 0.3) is 5.91 Å². The Hall–Kier alpha value is -2.70. The average molecular weight is 369 g/mol. The fourth-order valence-corrected chi connectivity index (χ4v) is 4.46. The van der Waals surface area contributed by atoms with Crippen molar-refractivity contribution in [3.8, 4) is 0 Å². The summed E-state index contributed by atoms with van der Waals surface area (Å²) in [5.41, 5.74) is 1.00. The Morgan fingerprint density at radius 1 is 1.22 bits per heavy atom. The second-order valence-electron chi connectivity index (χ2n) is 7.88. The Kier molecular flexibility index (Phi) is 4.05. The van der Waals surface area contributed by atoms with E-state index in [1.807, 2.05) is 6.92 Å². The number of nitrogens with zero attached hydrogens (tertiary/aromatic N) is 1. The largest absolute Gasteiger partial charge is 0.325 e. The van der Waals surface area contributed by atoms with Crippen LogP contribution in [-0.2, 0) is 9.59 Å². The van der Waals surface area contributed by atoms with Crippen LogP contribution in [0, 0.1) is 5.92 Å². The van der Waals surface area contributed by atoms with Crippen molar-refractivity contribution in [2.45, 2.75) is 51.0 Å². The molecule has 2 fully saturated rings. The Labute approximate surface area is 157 Å². The lowest BCUT2D eigenvalue weighted by molar-refractivity contribution is -0.133. The van der Waals surface area contributed by atoms with Crippen LogP contribution in [0.4, 0.5) is 10.5 Å². The summed E-state index contributed by atoms with van der Waals surface area (Å²) in [6, 6.07) is 4.50. The van der Waals surface area contributed by atoms with E-state index in [2.05, 4.69) is 10.6 Å². The third kappa shape index (κ3) is 2.64. The molecule has 1 aliphatic carbocycles. The van der Waals surface area contributed by atoms with Gasteiger partial charge in [-0.25, -0.2) is 4.79 Å². The van der Waals surface area contributed by atoms with Crippen molar-refractivity contribution < 1.29 is 19.2 Å². The van der Waals surface area contributed by atoms with Crippen LogP contribution in [0.1, 0.15) is 61.4 Å². The van der Waals surface area contributed by atoms with Gasteiger partial charge in [-0.1, -0.05) is 19.8 Å². The molecule has 27 heavy (non-hydrogen) atoms. The van der Waals surface area contributed by atoms with Gasteiger partial charge in [-0.3, -0.25) is 19.3 Å². The molecule has 1 saturated carbocycles. The van der Waals surface area contributed by atoms with Crippen LogP contribution in [0.25, 0.3) is 0 Å². The van der Waals surface area contributed by atoms with Crippen LogP contribution in [0.15, 0.2) is 18.2 Å². The van der Waals surface area contributed by atoms with E-state index >= 15 is 0 Å². The topological polar surface area (TPSA) is 95.6 Å². The van der Waals surface area contributed by atoms with Crippen LogP contribution < -0.4 is 10.6 Å². The smallest absolute Gasteiger partial charge is 0.325 e. The molecule has 0 unspecified atom stereocenters. The van der Waals surface area contributed by atoms with Crippen molar-refractivity contribution in [1.29, 1.82) is 0 Å². The number of imide groups is 1. The van der Waals surface area contributed by atoms with Gasteiger partial charge < -0.3 is 10.6 Å². The predicted octanol–water partition coefficient (Wildman–Crippen LogP) is 2.43. The van der Waals surface area contributed by atoms with Crippen molar-refractivity contribution in [2.24, 2.45) is 5.92 Å². The molecule has 3 atom stereocenters. The molecule has 2 N–H and O–H groups in total. The van der Waals surface area contributed by atoms with Crippen LogP contribution in [0.3, 0.4) is 0 Å². The molecule has 2 heterocycles. The van der Waals surface area contributed by atoms with Crippen LogP contribution in [-0.4, -0.2) is 40.6 Å². The summed E-state index contributed by atoms with van der Waals surface area (Å²) in [6.45, 7) is 3.48. The number of benzene rings is 1. The lowest BCUT2D eigenvalue weighted by atomic mass is 9.73. The number of ketones is 1. The van der Waals surface area contributed by atoms with Gasteiger partial charge in [0.1, 0.15) is 5.54 Å². The predicted molar refractivity (Wildman–Crippen MR) is 98.4 cm³/mol. The number of fused-ring (bicyclic) bond motifs is 1. The summed E-state index contributed by atoms with van der Waals surface area (Å²) in [4.78, 5) is 51.0. The quantitative estimate of drug-likeness (QED) is 0.632. The molecule has 2 aliphatic heterocycles. The molecule has 0 bridgehead atoms. The van der Waals surface area contributed by atoms with Gasteiger partial charge in [0, 0.05) is 11.3 Å². The van der Waals surface area contributed by atoms with Crippen LogP contribution in [0.5, 0.6) is 0 Å². The zero-order valence-corrected chi connectivity index (χ0v) is 15.5. The highest BCUT2D eigenvalue weighted by Crippen LogP contribution is 2.38. The molecule has 4 rings (SSSR count). The molecule has 1 aromatic carbocycles. The van der Waals surface area contributed by atoms with Crippen molar-refractivity contribution in [1.82, 2.24) is 10.2 Å². The van der Waals surface area contributed by atoms with Gasteiger partial charge in [0.2, 0.25) is 5.91 Å². The highest BCUT2D eigenvalue weighted by molar-refractivity contribution is 6.12. The number of Topliss-reactive ketones (excluding diaryl/α,β-unsaturated/α-hetero) is 1. The first-order valence-corrected chi connectivity index (χ1v) is 9.45. The third-order valence-electron chi connectivity index (χ3n) is 6.29. The maximum atomic E-state index is 13.0. The van der Waals surface area contributed by atoms with Crippen molar-refractivity contribution in [3.05, 3.63) is 29.3 Å². The van der Waals surface area contributed by atoms with Crippen molar-refractivity contribution in [3.63, 3.8) is 0 Å². The first-order chi connectivity index (χ1) is 12.8. The maximum Gasteiger partial charge on any atom is 0.325 e. The van der Waals surface area contributed by atoms with Crippen LogP contribution in [0.2, 0.25) is 0 Å². The normalized spacial score (nSPS) is 29.7. The summed E-state index contributed by atoms with van der Waals surface area (Å²) in [6.07, 6.45) is 3.44. The van der Waals surface area contributed by atoms with Gasteiger partial charge in [-0.2, -0.15) is 0 Å². The minimum Gasteiger partial charge on any atom is -0.325 e. The zero-order valence-electron chi connectivity index (χ0n) is 15.5. The number of rotatable bonds is 3. The molecule has 1 saturated heterocycles. The summed E-state index contributed by atoms with van der Waals surface area (Å²) in [5.74, 6) is -0.971. The molecule has 1 aromatic rings. The highest BCUT2D eigenvalue weighted by atomic mass is 16.2. The van der Waals surface area contributed by atoms with E-state index in [-0.39, 0.29) is 36.0 Å². The number of urea groups is 1. The van der Waals surface area contributed by atoms with E-state index in [1.165, 1.54) is 0 Å². The fraction of sp³-hybridized carbons (Fsp3) is 0.500. The van der Waals surface area contributed by atoms with Gasteiger partial charge >= 0.3 is 6.03 Å². The van der Waals surface area contributed by atoms with Crippen molar-refractivity contribution >= 4 is 29.3 Å². The number of hydrogen-bond acceptors (Lipinski definition) is 4. The van der Waals surface area contributed by atoms with E-state index in [9.17, 15) is 19.2 Å². The SMILES string of the molecule is C[C@@H]1C(=O)Nc2ccc(C(=O)CN3C(=O)N[C@]4(CCCC[C@H]4C)C3=O)cc21. The maximum absolute atomic E-state index is 13.0. The number of hydrogen-bond donors (Lipinski definition) is 2. The lowest BCUT2D eigenvalue weighted by Crippen LogP contribution is -2.54. The number of carbonyl (C=O) groups is 4. The number of anilines is 1. The minimum absolute atomic E-state index is 0.0562. The second kappa shape index (κ2) is 6.18. The zero-order chi connectivity index (χ0) is 19.3. The lowest BCUT2D eigenvalue weighted by Gasteiger charge is -2.36. The standard InChI is InChI=1S/C20H23N3O4/c1-11-5-3-4-8-20(11)18(26)23(19(27)22-20)10-16(24)13-6-7-15-14(9-13)12(2)17(25)21-15/h6-7,9,11-12H,3-5,8,10H2,1-2H3,(H,21,25)(H,22,27)/t11-,12+,20+/m1/s1. The molecule has 1 spiro atoms. The fourth-order valence-electron chi connectivity index (χ4n) is 4.46. The van der Waals surface area contributed by atoms with E-state index < -0.39 is 11.6 Å². The van der Waals surface area contributed by atoms with E-state index in [1.54, 1.807) is 25.1 Å². The summed E-state index contributed by atoms with van der Waals surface area (Å²) in [7, 11) is 0. The molecular weight excluding hydrogens is 346 g/mol. The summed E-state index contributed by atoms with van der Waals surface area (Å²) < 4.78 is 0. The number of nitrogens with one attached hydrogen (secondary N) is 2. The van der Waals surface area contributed by atoms with Gasteiger partial charge in [-0.05, 0) is 49.4 Å². The molecule has 4 amide bonds. The molecule has 0 radical (unpaired) electrons. The van der Waals surface area contributed by atoms with E-state index in [4.69, 9.17) is 0 Å². The molecule has 0 aromatic heterocycles. The second-order valence-corrected chi connectivity index (χ2v) is 7.88. The third-order valence-corrected chi connectivity index (χ3v) is 6.29. The molecule has 3 aliphatic rings. The van der Waals surface area contributed by atoms with E-state index in [0.29, 0.717) is 17.7 Å². The first kappa shape index (κ1) is 17.7. The highest BCUT2D eigenvalue weighted by Gasteiger charge is 2.55. The van der Waals surface area contributed by atoms with Gasteiger partial charge in [-0.15, -0.1) is 0 Å². The molecular formula is C20H23N3O4. The van der Waals surface area contributed by atoms with Gasteiger partial charge in [0.15, 0.2) is 5.78 Å². The summed E-state index contributed by atoms with van der Waals surface area (Å²) in [5, 5.41) is 5.63. The molecule has 7 heteroatoms. The molecule has 7 nitrogen and oxygen atoms in total. The van der Waals surface area contributed by atoms with Crippen molar-refractivity contribution in [2.75, 3.05) is 11.9 Å². The summed E-state index contributed by atoms with van der Waals surface area (Å²) >= 11 is 0. The Bertz CT molecular complexity index is 865. The Morgan fingerprint density at radius 2 is 2.00 bits per heavy atom. The van der Waals surface area contributed by atoms with Crippen LogP contribution >= 0.6 is 0 Å². The molecule has 142 valence electrons. The monoisotopic (exact) mass is 369 g/mol. The van der Waals surface area contributed by atoms with Gasteiger partial charge in [0.05, 0.1) is 12.5 Å². The average Bonchev–Trinajstić information content (AvgIpc) is 3.06.